The van der Waals surface area contributed by atoms with Crippen LogP contribution in [0.2, 0.25) is 0 Å². The Morgan fingerprint density at radius 2 is 1.87 bits per heavy atom. The maximum atomic E-state index is 13.1. The van der Waals surface area contributed by atoms with Gasteiger partial charge >= 0.3 is 0 Å². The average molecular weight is 434 g/mol. The lowest BCUT2D eigenvalue weighted by Gasteiger charge is -2.44. The number of benzene rings is 1. The van der Waals surface area contributed by atoms with Crippen LogP contribution in [0.4, 0.5) is 5.69 Å². The van der Waals surface area contributed by atoms with Crippen molar-refractivity contribution in [1.82, 2.24) is 9.80 Å². The van der Waals surface area contributed by atoms with Crippen LogP contribution in [0.3, 0.4) is 0 Å². The molecule has 2 aliphatic rings. The molecule has 0 atom stereocenters. The minimum atomic E-state index is -0.475. The van der Waals surface area contributed by atoms with E-state index in [1.807, 2.05) is 9.80 Å². The number of hydrogen-bond acceptors (Lipinski definition) is 5. The van der Waals surface area contributed by atoms with E-state index in [9.17, 15) is 19.7 Å². The van der Waals surface area contributed by atoms with Gasteiger partial charge in [-0.2, -0.15) is 0 Å². The first-order chi connectivity index (χ1) is 14.5. The molecule has 1 spiro atoms. The Morgan fingerprint density at radius 3 is 2.57 bits per heavy atom. The fourth-order valence-electron chi connectivity index (χ4n) is 4.36. The number of hydrogen-bond donors (Lipinski definition) is 0. The van der Waals surface area contributed by atoms with Gasteiger partial charge in [-0.15, -0.1) is 11.8 Å². The van der Waals surface area contributed by atoms with Crippen molar-refractivity contribution in [2.24, 2.45) is 0 Å². The zero-order valence-electron chi connectivity index (χ0n) is 17.7. The summed E-state index contributed by atoms with van der Waals surface area (Å²) in [5.74, 6) is 0.923. The van der Waals surface area contributed by atoms with E-state index in [4.69, 9.17) is 0 Å². The van der Waals surface area contributed by atoms with Crippen LogP contribution >= 0.6 is 11.8 Å². The van der Waals surface area contributed by atoms with Crippen LogP contribution < -0.4 is 0 Å². The number of carbonyl (C=O) groups is 2. The SMILES string of the molecule is CCCCCCCC(=O)N1CCC2(CC1)SCCN2C(=O)c1cccc([N+](=O)[O-])c1. The van der Waals surface area contributed by atoms with E-state index in [1.165, 1.54) is 31.4 Å². The maximum absolute atomic E-state index is 13.1. The highest BCUT2D eigenvalue weighted by atomic mass is 32.2. The predicted octanol–water partition coefficient (Wildman–Crippen LogP) is 4.46. The summed E-state index contributed by atoms with van der Waals surface area (Å²) in [6.07, 6.45) is 7.79. The molecule has 3 rings (SSSR count). The third-order valence-corrected chi connectivity index (χ3v) is 7.67. The topological polar surface area (TPSA) is 83.8 Å². The van der Waals surface area contributed by atoms with Gasteiger partial charge in [0, 0.05) is 49.5 Å². The van der Waals surface area contributed by atoms with Crippen molar-refractivity contribution in [1.29, 1.82) is 0 Å². The molecule has 0 saturated carbocycles. The number of amides is 2. The van der Waals surface area contributed by atoms with Crippen molar-refractivity contribution in [3.63, 3.8) is 0 Å². The molecule has 0 aromatic heterocycles. The second-order valence-electron chi connectivity index (χ2n) is 8.10. The van der Waals surface area contributed by atoms with Crippen molar-refractivity contribution in [3.05, 3.63) is 39.9 Å². The smallest absolute Gasteiger partial charge is 0.270 e. The molecule has 7 nitrogen and oxygen atoms in total. The summed E-state index contributed by atoms with van der Waals surface area (Å²) < 4.78 is 0. The Bertz CT molecular complexity index is 777. The van der Waals surface area contributed by atoms with E-state index in [-0.39, 0.29) is 22.4 Å². The normalized spacial score (nSPS) is 18.0. The molecule has 8 heteroatoms. The summed E-state index contributed by atoms with van der Waals surface area (Å²) in [5.41, 5.74) is 0.290. The monoisotopic (exact) mass is 433 g/mol. The number of non-ortho nitro benzene ring substituents is 1. The number of nitrogens with zero attached hydrogens (tertiary/aromatic N) is 3. The van der Waals surface area contributed by atoms with Gasteiger partial charge < -0.3 is 9.80 Å². The van der Waals surface area contributed by atoms with Gasteiger partial charge in [-0.1, -0.05) is 38.7 Å². The van der Waals surface area contributed by atoms with Crippen molar-refractivity contribution in [2.75, 3.05) is 25.4 Å². The lowest BCUT2D eigenvalue weighted by atomic mass is 10.00. The van der Waals surface area contributed by atoms with Gasteiger partial charge in [0.1, 0.15) is 0 Å². The third-order valence-electron chi connectivity index (χ3n) is 6.12. The number of rotatable bonds is 8. The Kier molecular flexibility index (Phi) is 7.75. The molecule has 0 radical (unpaired) electrons. The summed E-state index contributed by atoms with van der Waals surface area (Å²) in [6.45, 7) is 4.15. The average Bonchev–Trinajstić information content (AvgIpc) is 3.16. The van der Waals surface area contributed by atoms with E-state index in [1.54, 1.807) is 23.9 Å². The van der Waals surface area contributed by atoms with Gasteiger partial charge in [0.05, 0.1) is 9.79 Å². The molecule has 2 aliphatic heterocycles. The van der Waals surface area contributed by atoms with E-state index >= 15 is 0 Å². The van der Waals surface area contributed by atoms with Crippen molar-refractivity contribution in [2.45, 2.75) is 63.2 Å². The molecule has 2 saturated heterocycles. The number of nitro groups is 1. The molecule has 0 unspecified atom stereocenters. The van der Waals surface area contributed by atoms with Gasteiger partial charge in [0.2, 0.25) is 5.91 Å². The van der Waals surface area contributed by atoms with Crippen molar-refractivity contribution in [3.8, 4) is 0 Å². The first-order valence-corrected chi connectivity index (χ1v) is 11.9. The molecular formula is C22H31N3O4S. The molecule has 0 bridgehead atoms. The van der Waals surface area contributed by atoms with E-state index < -0.39 is 4.92 Å². The molecule has 2 heterocycles. The fourth-order valence-corrected chi connectivity index (χ4v) is 5.82. The van der Waals surface area contributed by atoms with Crippen LogP contribution in [0.1, 0.15) is 68.6 Å². The minimum absolute atomic E-state index is 0.0684. The van der Waals surface area contributed by atoms with Crippen molar-refractivity contribution >= 4 is 29.3 Å². The summed E-state index contributed by atoms with van der Waals surface area (Å²) in [6, 6.07) is 5.96. The van der Waals surface area contributed by atoms with Crippen LogP contribution in [-0.4, -0.2) is 56.8 Å². The Morgan fingerprint density at radius 1 is 1.13 bits per heavy atom. The highest BCUT2D eigenvalue weighted by Crippen LogP contribution is 2.44. The number of unbranched alkanes of at least 4 members (excludes halogenated alkanes) is 4. The Hall–Kier alpha value is -2.09. The highest BCUT2D eigenvalue weighted by molar-refractivity contribution is 8.00. The van der Waals surface area contributed by atoms with Gasteiger partial charge in [-0.3, -0.25) is 19.7 Å². The summed E-state index contributed by atoms with van der Waals surface area (Å²) in [5, 5.41) is 11.1. The van der Waals surface area contributed by atoms with E-state index in [0.29, 0.717) is 31.6 Å². The molecular weight excluding hydrogens is 402 g/mol. The first kappa shape index (κ1) is 22.6. The number of nitro benzene ring substituents is 1. The maximum Gasteiger partial charge on any atom is 0.270 e. The number of likely N-dealkylation sites (tertiary alicyclic amines) is 1. The summed E-state index contributed by atoms with van der Waals surface area (Å²) in [4.78, 5) is 39.8. The number of carbonyl (C=O) groups excluding carboxylic acids is 2. The van der Waals surface area contributed by atoms with Gasteiger partial charge in [0.15, 0.2) is 0 Å². The largest absolute Gasteiger partial charge is 0.342 e. The van der Waals surface area contributed by atoms with Gasteiger partial charge in [-0.25, -0.2) is 0 Å². The minimum Gasteiger partial charge on any atom is -0.342 e. The molecule has 164 valence electrons. The van der Waals surface area contributed by atoms with Crippen LogP contribution in [0.5, 0.6) is 0 Å². The van der Waals surface area contributed by atoms with Crippen LogP contribution in [0.15, 0.2) is 24.3 Å². The highest BCUT2D eigenvalue weighted by Gasteiger charge is 2.47. The second-order valence-corrected chi connectivity index (χ2v) is 9.56. The van der Waals surface area contributed by atoms with Crippen LogP contribution in [0.25, 0.3) is 0 Å². The van der Waals surface area contributed by atoms with Crippen LogP contribution in [-0.2, 0) is 4.79 Å². The standard InChI is InChI=1S/C22H31N3O4S/c1-2-3-4-5-6-10-20(26)23-13-11-22(12-14-23)24(15-16-30-22)21(27)18-8-7-9-19(17-18)25(28)29/h7-9,17H,2-6,10-16H2,1H3. The molecule has 30 heavy (non-hydrogen) atoms. The zero-order chi connectivity index (χ0) is 21.6. The van der Waals surface area contributed by atoms with E-state index in [2.05, 4.69) is 6.92 Å². The quantitative estimate of drug-likeness (QED) is 0.343. The Balaban J connectivity index is 1.58. The lowest BCUT2D eigenvalue weighted by Crippen LogP contribution is -2.53. The first-order valence-electron chi connectivity index (χ1n) is 10.9. The fraction of sp³-hybridized carbons (Fsp3) is 0.636. The third kappa shape index (κ3) is 5.14. The number of piperidine rings is 1. The molecule has 0 aliphatic carbocycles. The second kappa shape index (κ2) is 10.3. The molecule has 2 fully saturated rings. The molecule has 1 aromatic rings. The van der Waals surface area contributed by atoms with Crippen molar-refractivity contribution < 1.29 is 14.5 Å². The molecule has 1 aromatic carbocycles. The van der Waals surface area contributed by atoms with E-state index in [0.717, 1.165) is 31.4 Å². The summed E-state index contributed by atoms with van der Waals surface area (Å²) >= 11 is 1.78. The summed E-state index contributed by atoms with van der Waals surface area (Å²) in [7, 11) is 0. The lowest BCUT2D eigenvalue weighted by molar-refractivity contribution is -0.384. The van der Waals surface area contributed by atoms with Crippen LogP contribution in [0, 0.1) is 10.1 Å². The molecule has 0 N–H and O–H groups in total. The number of thioether (sulfide) groups is 1. The zero-order valence-corrected chi connectivity index (χ0v) is 18.5. The van der Waals surface area contributed by atoms with Gasteiger partial charge in [0.25, 0.3) is 11.6 Å². The van der Waals surface area contributed by atoms with Gasteiger partial charge in [-0.05, 0) is 25.3 Å². The Labute approximate surface area is 182 Å². The predicted molar refractivity (Wildman–Crippen MR) is 119 cm³/mol. The molecule has 2 amide bonds.